The largest absolute Gasteiger partial charge is 0.480 e. The quantitative estimate of drug-likeness (QED) is 0.729. The van der Waals surface area contributed by atoms with Crippen LogP contribution in [0.5, 0.6) is 0 Å². The summed E-state index contributed by atoms with van der Waals surface area (Å²) in [6, 6.07) is -1.06. The highest BCUT2D eigenvalue weighted by atomic mass is 16.4. The van der Waals surface area contributed by atoms with Crippen LogP contribution in [0.4, 0.5) is 4.79 Å². The average Bonchev–Trinajstić information content (AvgIpc) is 2.21. The van der Waals surface area contributed by atoms with Crippen LogP contribution >= 0.6 is 0 Å². The lowest BCUT2D eigenvalue weighted by atomic mass is 10.1. The lowest BCUT2D eigenvalue weighted by molar-refractivity contribution is -0.139. The lowest BCUT2D eigenvalue weighted by Gasteiger charge is -2.24. The Hall–Kier alpha value is -1.26. The van der Waals surface area contributed by atoms with E-state index in [-0.39, 0.29) is 12.1 Å². The van der Waals surface area contributed by atoms with Gasteiger partial charge in [0.1, 0.15) is 6.04 Å². The molecular formula is C11H22N2O3. The molecule has 2 N–H and O–H groups in total. The van der Waals surface area contributed by atoms with Crippen molar-refractivity contribution in [3.63, 3.8) is 0 Å². The van der Waals surface area contributed by atoms with Crippen molar-refractivity contribution in [3.8, 4) is 0 Å². The molecule has 0 radical (unpaired) electrons. The molecule has 0 aromatic rings. The minimum absolute atomic E-state index is 0.0561. The van der Waals surface area contributed by atoms with Crippen molar-refractivity contribution >= 4 is 12.0 Å². The van der Waals surface area contributed by atoms with Crippen molar-refractivity contribution in [3.05, 3.63) is 0 Å². The van der Waals surface area contributed by atoms with E-state index in [0.717, 1.165) is 12.8 Å². The highest BCUT2D eigenvalue weighted by Crippen LogP contribution is 2.02. The number of carbonyl (C=O) groups excluding carboxylic acids is 1. The number of amides is 2. The lowest BCUT2D eigenvalue weighted by Crippen LogP contribution is -2.48. The van der Waals surface area contributed by atoms with Crippen LogP contribution in [0.3, 0.4) is 0 Å². The van der Waals surface area contributed by atoms with Gasteiger partial charge in [0.05, 0.1) is 0 Å². The molecule has 2 amide bonds. The molecule has 5 nitrogen and oxygen atoms in total. The Labute approximate surface area is 96.8 Å². The summed E-state index contributed by atoms with van der Waals surface area (Å²) in [5.41, 5.74) is 0. The van der Waals surface area contributed by atoms with Gasteiger partial charge in [-0.15, -0.1) is 0 Å². The van der Waals surface area contributed by atoms with Crippen LogP contribution in [0.2, 0.25) is 0 Å². The number of carboxylic acids is 1. The molecular weight excluding hydrogens is 208 g/mol. The van der Waals surface area contributed by atoms with Crippen LogP contribution in [0, 0.1) is 0 Å². The number of unbranched alkanes of at least 4 members (excludes halogenated alkanes) is 1. The highest BCUT2D eigenvalue weighted by Gasteiger charge is 2.21. The first-order chi connectivity index (χ1) is 7.40. The molecule has 0 saturated heterocycles. The van der Waals surface area contributed by atoms with E-state index in [1.54, 1.807) is 7.05 Å². The molecule has 1 atom stereocenters. The Bertz CT molecular complexity index is 241. The van der Waals surface area contributed by atoms with E-state index < -0.39 is 12.0 Å². The van der Waals surface area contributed by atoms with Gasteiger partial charge in [0.2, 0.25) is 0 Å². The van der Waals surface area contributed by atoms with Crippen LogP contribution in [0.15, 0.2) is 0 Å². The van der Waals surface area contributed by atoms with E-state index in [4.69, 9.17) is 5.11 Å². The summed E-state index contributed by atoms with van der Waals surface area (Å²) in [5.74, 6) is -0.973. The Morgan fingerprint density at radius 3 is 2.31 bits per heavy atom. The number of hydrogen-bond acceptors (Lipinski definition) is 2. The maximum atomic E-state index is 11.6. The molecule has 0 aliphatic heterocycles. The minimum atomic E-state index is -0.973. The molecule has 0 unspecified atom stereocenters. The van der Waals surface area contributed by atoms with Crippen molar-refractivity contribution < 1.29 is 14.7 Å². The smallest absolute Gasteiger partial charge is 0.326 e. The van der Waals surface area contributed by atoms with Gasteiger partial charge in [-0.3, -0.25) is 0 Å². The van der Waals surface area contributed by atoms with Crippen molar-refractivity contribution in [2.24, 2.45) is 0 Å². The molecule has 16 heavy (non-hydrogen) atoms. The summed E-state index contributed by atoms with van der Waals surface area (Å²) in [4.78, 5) is 24.0. The molecule has 0 fully saturated rings. The van der Waals surface area contributed by atoms with Crippen molar-refractivity contribution in [1.29, 1.82) is 0 Å². The second kappa shape index (κ2) is 7.09. The van der Waals surface area contributed by atoms with Crippen molar-refractivity contribution in [1.82, 2.24) is 10.2 Å². The maximum absolute atomic E-state index is 11.6. The number of carbonyl (C=O) groups is 2. The van der Waals surface area contributed by atoms with Crippen molar-refractivity contribution in [2.45, 2.75) is 52.1 Å². The first-order valence-electron chi connectivity index (χ1n) is 5.66. The van der Waals surface area contributed by atoms with E-state index in [2.05, 4.69) is 5.32 Å². The van der Waals surface area contributed by atoms with Gasteiger partial charge >= 0.3 is 12.0 Å². The first-order valence-corrected chi connectivity index (χ1v) is 5.66. The Kier molecular flexibility index (Phi) is 6.53. The minimum Gasteiger partial charge on any atom is -0.480 e. The Morgan fingerprint density at radius 1 is 1.38 bits per heavy atom. The molecule has 0 saturated carbocycles. The fraction of sp³-hybridized carbons (Fsp3) is 0.818. The molecule has 94 valence electrons. The molecule has 0 aliphatic carbocycles. The number of hydrogen-bond donors (Lipinski definition) is 2. The van der Waals surface area contributed by atoms with Gasteiger partial charge in [-0.1, -0.05) is 19.8 Å². The third kappa shape index (κ3) is 5.00. The molecule has 5 heteroatoms. The summed E-state index contributed by atoms with van der Waals surface area (Å²) in [5, 5.41) is 11.5. The molecule has 0 rings (SSSR count). The van der Waals surface area contributed by atoms with Crippen LogP contribution in [0.25, 0.3) is 0 Å². The third-order valence-electron chi connectivity index (χ3n) is 2.54. The van der Waals surface area contributed by atoms with Gasteiger partial charge in [-0.2, -0.15) is 0 Å². The number of rotatable bonds is 6. The van der Waals surface area contributed by atoms with E-state index in [0.29, 0.717) is 6.42 Å². The van der Waals surface area contributed by atoms with Crippen LogP contribution in [-0.2, 0) is 4.79 Å². The van der Waals surface area contributed by atoms with Gasteiger partial charge < -0.3 is 15.3 Å². The van der Waals surface area contributed by atoms with Crippen LogP contribution < -0.4 is 5.32 Å². The summed E-state index contributed by atoms with van der Waals surface area (Å²) in [6.45, 7) is 5.74. The van der Waals surface area contributed by atoms with Crippen LogP contribution in [-0.4, -0.2) is 41.1 Å². The number of urea groups is 1. The molecule has 0 aromatic carbocycles. The van der Waals surface area contributed by atoms with E-state index in [9.17, 15) is 9.59 Å². The number of nitrogens with zero attached hydrogens (tertiary/aromatic N) is 1. The topological polar surface area (TPSA) is 69.6 Å². The molecule has 0 spiro atoms. The van der Waals surface area contributed by atoms with Gasteiger partial charge in [0.15, 0.2) is 0 Å². The summed E-state index contributed by atoms with van der Waals surface area (Å²) >= 11 is 0. The van der Waals surface area contributed by atoms with Gasteiger partial charge in [-0.25, -0.2) is 9.59 Å². The summed E-state index contributed by atoms with van der Waals surface area (Å²) < 4.78 is 0. The zero-order chi connectivity index (χ0) is 12.7. The number of nitrogens with one attached hydrogen (secondary N) is 1. The monoisotopic (exact) mass is 230 g/mol. The SMILES string of the molecule is CCCC[C@H](NC(=O)N(C)C(C)C)C(=O)O. The van der Waals surface area contributed by atoms with E-state index in [1.807, 2.05) is 20.8 Å². The van der Waals surface area contributed by atoms with Gasteiger partial charge in [-0.05, 0) is 20.3 Å². The van der Waals surface area contributed by atoms with Gasteiger partial charge in [0.25, 0.3) is 0 Å². The molecule has 0 heterocycles. The molecule has 0 aromatic heterocycles. The maximum Gasteiger partial charge on any atom is 0.326 e. The standard InChI is InChI=1S/C11H22N2O3/c1-5-6-7-9(10(14)15)12-11(16)13(4)8(2)3/h8-9H,5-7H2,1-4H3,(H,12,16)(H,14,15)/t9-/m0/s1. The highest BCUT2D eigenvalue weighted by molar-refractivity contribution is 5.82. The zero-order valence-corrected chi connectivity index (χ0v) is 10.5. The van der Waals surface area contributed by atoms with E-state index in [1.165, 1.54) is 4.90 Å². The first kappa shape index (κ1) is 14.7. The fourth-order valence-electron chi connectivity index (χ4n) is 1.15. The van der Waals surface area contributed by atoms with E-state index >= 15 is 0 Å². The molecule has 0 aliphatic rings. The second-order valence-electron chi connectivity index (χ2n) is 4.19. The summed E-state index contributed by atoms with van der Waals surface area (Å²) in [7, 11) is 1.65. The predicted molar refractivity (Wildman–Crippen MR) is 62.4 cm³/mol. The predicted octanol–water partition coefficient (Wildman–Crippen LogP) is 1.68. The normalized spacial score (nSPS) is 12.3. The zero-order valence-electron chi connectivity index (χ0n) is 10.5. The summed E-state index contributed by atoms with van der Waals surface area (Å²) in [6.07, 6.45) is 2.19. The number of aliphatic carboxylic acids is 1. The third-order valence-corrected chi connectivity index (χ3v) is 2.54. The average molecular weight is 230 g/mol. The van der Waals surface area contributed by atoms with Crippen LogP contribution in [0.1, 0.15) is 40.0 Å². The van der Waals surface area contributed by atoms with Gasteiger partial charge in [0, 0.05) is 13.1 Å². The second-order valence-corrected chi connectivity index (χ2v) is 4.19. The van der Waals surface area contributed by atoms with Crippen molar-refractivity contribution in [2.75, 3.05) is 7.05 Å². The Balaban J connectivity index is 4.28. The number of carboxylic acid groups (broad SMARTS) is 1. The Morgan fingerprint density at radius 2 is 1.94 bits per heavy atom. The molecule has 0 bridgehead atoms. The fourth-order valence-corrected chi connectivity index (χ4v) is 1.15.